The SMILES string of the molecule is C/C=C(F)/C=c1/[nH]nc/c1=C\c1c(C2CC2)cc2c(N3CC4CC3CN4)nc(OCCOC)nc2c1OCc1ccc(-c2cn(C(C(=O)N3CCCC3C)C(C)C)nn2)cc1.C=C(C)C(=N/C=C\CCC)c1ccc(C(CO)NC=O)cc1. The van der Waals surface area contributed by atoms with Gasteiger partial charge in [0.1, 0.15) is 42.1 Å². The first kappa shape index (κ1) is 59.7. The van der Waals surface area contributed by atoms with Crippen molar-refractivity contribution in [2.24, 2.45) is 10.9 Å². The minimum Gasteiger partial charge on any atom is -0.486 e. The molecule has 18 nitrogen and oxygen atoms in total. The van der Waals surface area contributed by atoms with Crippen LogP contribution >= 0.6 is 0 Å². The first-order valence-electron chi connectivity index (χ1n) is 29.1. The lowest BCUT2D eigenvalue weighted by atomic mass is 9.97. The standard InChI is InChI=1S/C46H55FN10O4.C18H24N2O2/c1-6-33(47)19-39-32(22-49-52-39)18-37-36(30-13-14-30)21-38-41(50-46(60-17-16-59-5)51-44(38)56-24-34-20-35(56)23-48-34)43(37)61-26-29-9-11-31(12-10-29)40-25-57(54-53-40)42(27(2)3)45(58)55-15-7-8-28(55)4;1-4-5-6-11-19-18(14(2)3)16-9-7-15(8-10-16)17(12-21)20-13-22/h6,9-12,18-19,21-22,25,27-28,30,34-35,42,48,52H,7-8,13-17,20,23-24,26H2,1-5H3;6-11,13,17,21H,2,4-5,12H2,1,3H3,(H,20,22)/b32-18+,33-6-,39-19+;11-6-,19-18?. The van der Waals surface area contributed by atoms with Gasteiger partial charge < -0.3 is 39.8 Å². The summed E-state index contributed by atoms with van der Waals surface area (Å²) < 4.78 is 34.7. The maximum Gasteiger partial charge on any atom is 0.319 e. The molecule has 1 aliphatic carbocycles. The highest BCUT2D eigenvalue weighted by molar-refractivity contribution is 6.12. The van der Waals surface area contributed by atoms with E-state index in [4.69, 9.17) is 24.2 Å². The summed E-state index contributed by atoms with van der Waals surface area (Å²) >= 11 is 0. The predicted molar refractivity (Wildman–Crippen MR) is 322 cm³/mol. The number of anilines is 1. The molecule has 3 aromatic carbocycles. The van der Waals surface area contributed by atoms with Crippen LogP contribution in [0.15, 0.2) is 108 Å². The molecule has 10 rings (SSSR count). The Morgan fingerprint density at radius 3 is 2.51 bits per heavy atom. The van der Waals surface area contributed by atoms with Crippen LogP contribution in [0.3, 0.4) is 0 Å². The second kappa shape index (κ2) is 27.9. The van der Waals surface area contributed by atoms with Crippen LogP contribution in [0.1, 0.15) is 132 Å². The summed E-state index contributed by atoms with van der Waals surface area (Å²) in [7, 11) is 1.64. The third kappa shape index (κ3) is 14.3. The van der Waals surface area contributed by atoms with Gasteiger partial charge in [-0.05, 0) is 112 Å². The molecule has 19 heteroatoms. The molecule has 0 spiro atoms. The van der Waals surface area contributed by atoms with E-state index in [1.165, 1.54) is 12.2 Å². The van der Waals surface area contributed by atoms with Gasteiger partial charge in [0.05, 0.1) is 42.7 Å². The lowest BCUT2D eigenvalue weighted by molar-refractivity contribution is -0.137. The van der Waals surface area contributed by atoms with Crippen LogP contribution in [-0.4, -0.2) is 128 Å². The summed E-state index contributed by atoms with van der Waals surface area (Å²) in [5.74, 6) is 1.55. The van der Waals surface area contributed by atoms with E-state index in [1.54, 1.807) is 24.9 Å². The van der Waals surface area contributed by atoms with Crippen LogP contribution in [0.2, 0.25) is 0 Å². The molecule has 5 atom stereocenters. The lowest BCUT2D eigenvalue weighted by Crippen LogP contribution is -2.44. The zero-order valence-corrected chi connectivity index (χ0v) is 48.9. The van der Waals surface area contributed by atoms with Crippen LogP contribution < -0.4 is 35.6 Å². The third-order valence-corrected chi connectivity index (χ3v) is 15.8. The van der Waals surface area contributed by atoms with E-state index in [2.05, 4.69) is 81.4 Å². The van der Waals surface area contributed by atoms with Gasteiger partial charge >= 0.3 is 6.01 Å². The minimum absolute atomic E-state index is 0.0513. The first-order chi connectivity index (χ1) is 40.3. The minimum atomic E-state index is -0.424. The molecule has 1 saturated carbocycles. The van der Waals surface area contributed by atoms with Crippen molar-refractivity contribution in [3.63, 3.8) is 0 Å². The molecule has 3 aliphatic heterocycles. The summed E-state index contributed by atoms with van der Waals surface area (Å²) in [5, 5.41) is 33.9. The van der Waals surface area contributed by atoms with Gasteiger partial charge in [-0.1, -0.05) is 99.7 Å². The predicted octanol–water partition coefficient (Wildman–Crippen LogP) is 8.48. The number of H-pyrrole nitrogens is 1. The number of amides is 2. The van der Waals surface area contributed by atoms with Gasteiger partial charge in [-0.3, -0.25) is 19.7 Å². The zero-order chi connectivity index (χ0) is 58.6. The number of hydrogen-bond donors (Lipinski definition) is 4. The molecule has 4 aliphatic rings. The van der Waals surface area contributed by atoms with Gasteiger partial charge in [0.15, 0.2) is 5.75 Å². The number of fused-ring (bicyclic) bond motifs is 3. The van der Waals surface area contributed by atoms with Crippen molar-refractivity contribution in [1.82, 2.24) is 50.7 Å². The molecule has 4 fully saturated rings. The number of benzene rings is 3. The Labute approximate surface area is 485 Å². The molecule has 83 heavy (non-hydrogen) atoms. The number of nitrogens with one attached hydrogen (secondary N) is 3. The van der Waals surface area contributed by atoms with E-state index in [-0.39, 0.29) is 49.0 Å². The normalized spacial score (nSPS) is 19.2. The number of carbonyl (C=O) groups is 2. The monoisotopic (exact) mass is 1130 g/mol. The Hall–Kier alpha value is -7.87. The average Bonchev–Trinajstić information content (AvgIpc) is 2.44. The second-order valence-corrected chi connectivity index (χ2v) is 22.3. The fourth-order valence-corrected chi connectivity index (χ4v) is 11.1. The van der Waals surface area contributed by atoms with E-state index in [0.29, 0.717) is 59.9 Å². The quantitative estimate of drug-likeness (QED) is 0.0255. The van der Waals surface area contributed by atoms with Crippen LogP contribution in [0.25, 0.3) is 34.3 Å². The number of aliphatic imine (C=N–C) groups is 1. The highest BCUT2D eigenvalue weighted by atomic mass is 19.1. The molecular weight excluding hydrogens is 1050 g/mol. The molecule has 3 saturated heterocycles. The van der Waals surface area contributed by atoms with Gasteiger partial charge in [-0.2, -0.15) is 15.1 Å². The van der Waals surface area contributed by atoms with Crippen molar-refractivity contribution < 1.29 is 33.3 Å². The number of likely N-dealkylation sites (tertiary alicyclic amines) is 1. The van der Waals surface area contributed by atoms with Crippen LogP contribution in [-0.2, 0) is 20.9 Å². The number of aromatic amines is 1. The number of aliphatic hydroxyl groups is 1. The molecule has 3 aromatic heterocycles. The summed E-state index contributed by atoms with van der Waals surface area (Å²) in [4.78, 5) is 43.1. The van der Waals surface area contributed by atoms with Gasteiger partial charge in [0, 0.05) is 78.4 Å². The number of aliphatic hydroxyl groups excluding tert-OH is 1. The first-order valence-corrected chi connectivity index (χ1v) is 29.1. The Morgan fingerprint density at radius 2 is 1.87 bits per heavy atom. The maximum absolute atomic E-state index is 14.6. The number of methoxy groups -OCH3 is 1. The fraction of sp³-hybridized carbons (Fsp3) is 0.438. The van der Waals surface area contributed by atoms with E-state index >= 15 is 0 Å². The molecular formula is C64H79FN12O6. The summed E-state index contributed by atoms with van der Waals surface area (Å²) in [5.41, 5.74) is 8.69. The Kier molecular flexibility index (Phi) is 20.1. The fourth-order valence-electron chi connectivity index (χ4n) is 11.1. The third-order valence-electron chi connectivity index (χ3n) is 15.8. The number of ether oxygens (including phenoxy) is 3. The molecule has 6 aromatic rings. The molecule has 438 valence electrons. The van der Waals surface area contributed by atoms with Gasteiger partial charge in [-0.25, -0.2) is 9.07 Å². The smallest absolute Gasteiger partial charge is 0.319 e. The molecule has 2 amide bonds. The lowest BCUT2D eigenvalue weighted by Gasteiger charge is -2.30. The molecule has 0 radical (unpaired) electrons. The summed E-state index contributed by atoms with van der Waals surface area (Å²) in [6, 6.07) is 18.3. The highest BCUT2D eigenvalue weighted by Gasteiger charge is 2.40. The number of hydrogen-bond acceptors (Lipinski definition) is 14. The second-order valence-electron chi connectivity index (χ2n) is 22.3. The molecule has 5 unspecified atom stereocenters. The Morgan fingerprint density at radius 1 is 1.07 bits per heavy atom. The van der Waals surface area contributed by atoms with Crippen molar-refractivity contribution >= 4 is 46.9 Å². The van der Waals surface area contributed by atoms with Crippen LogP contribution in [0.4, 0.5) is 10.2 Å². The summed E-state index contributed by atoms with van der Waals surface area (Å²) in [6.45, 7) is 19.2. The van der Waals surface area contributed by atoms with Crippen molar-refractivity contribution in [3.8, 4) is 23.0 Å². The molecule has 4 N–H and O–H groups in total. The van der Waals surface area contributed by atoms with E-state index < -0.39 is 6.04 Å². The van der Waals surface area contributed by atoms with Crippen LogP contribution in [0.5, 0.6) is 11.8 Å². The topological polar surface area (TPSA) is 210 Å². The number of aromatic nitrogens is 7. The maximum atomic E-state index is 14.6. The average molecular weight is 1130 g/mol. The number of allylic oxidation sites excluding steroid dienone is 4. The van der Waals surface area contributed by atoms with Crippen molar-refractivity contribution in [2.45, 2.75) is 129 Å². The number of carbonyl (C=O) groups excluding carboxylic acids is 2. The van der Waals surface area contributed by atoms with Gasteiger partial charge in [-0.15, -0.1) is 5.10 Å². The largest absolute Gasteiger partial charge is 0.486 e. The number of unbranched alkanes of at least 4 members (excludes halogenated alkanes) is 1. The highest BCUT2D eigenvalue weighted by Crippen LogP contribution is 2.48. The molecule has 2 bridgehead atoms. The van der Waals surface area contributed by atoms with E-state index in [9.17, 15) is 19.1 Å². The zero-order valence-electron chi connectivity index (χ0n) is 48.9. The summed E-state index contributed by atoms with van der Waals surface area (Å²) in [6.07, 6.45) is 20.2. The van der Waals surface area contributed by atoms with Gasteiger partial charge in [0.25, 0.3) is 0 Å². The van der Waals surface area contributed by atoms with Crippen molar-refractivity contribution in [3.05, 3.63) is 142 Å². The Bertz CT molecular complexity index is 3440. The van der Waals surface area contributed by atoms with Gasteiger partial charge in [0.2, 0.25) is 12.3 Å². The number of halogens is 1. The number of rotatable bonds is 24. The van der Waals surface area contributed by atoms with Crippen LogP contribution in [0, 0.1) is 5.92 Å². The van der Waals surface area contributed by atoms with E-state index in [1.807, 2.05) is 84.9 Å². The molecule has 6 heterocycles. The number of nitrogens with zero attached hydrogens (tertiary/aromatic N) is 9. The Balaban J connectivity index is 0.000000318. The van der Waals surface area contributed by atoms with Crippen molar-refractivity contribution in [2.75, 3.05) is 51.5 Å². The number of piperazine rings is 1. The van der Waals surface area contributed by atoms with Crippen molar-refractivity contribution in [1.29, 1.82) is 0 Å². The van der Waals surface area contributed by atoms with E-state index in [0.717, 1.165) is 126 Å².